The average Bonchev–Trinajstić information content (AvgIpc) is 3.05. The molecule has 0 atom stereocenters. The molecule has 0 aliphatic heterocycles. The van der Waals surface area contributed by atoms with E-state index >= 15 is 0 Å². The van der Waals surface area contributed by atoms with Crippen LogP contribution in [0.3, 0.4) is 0 Å². The topological polar surface area (TPSA) is 112 Å². The summed E-state index contributed by atoms with van der Waals surface area (Å²) >= 11 is 0. The van der Waals surface area contributed by atoms with Crippen LogP contribution in [-0.2, 0) is 36.1 Å². The Labute approximate surface area is 162 Å². The largest absolute Gasteiger partial charge is 0.481 e. The molecular formula is C18H25O6Ti-. The van der Waals surface area contributed by atoms with Crippen LogP contribution in [0.4, 0.5) is 0 Å². The van der Waals surface area contributed by atoms with Crippen molar-refractivity contribution < 1.29 is 51.4 Å². The number of hydrogen-bond donors (Lipinski definition) is 3. The first-order valence-electron chi connectivity index (χ1n) is 7.54. The van der Waals surface area contributed by atoms with Crippen molar-refractivity contribution >= 4 is 28.7 Å². The van der Waals surface area contributed by atoms with E-state index in [-0.39, 0.29) is 41.0 Å². The van der Waals surface area contributed by atoms with Crippen molar-refractivity contribution in [2.75, 3.05) is 0 Å². The van der Waals surface area contributed by atoms with Crippen LogP contribution in [0.1, 0.15) is 40.0 Å². The molecule has 0 heterocycles. The van der Waals surface area contributed by atoms with Crippen LogP contribution < -0.4 is 0 Å². The maximum atomic E-state index is 9.37. The molecule has 2 aromatic carbocycles. The van der Waals surface area contributed by atoms with Gasteiger partial charge in [-0.2, -0.15) is 17.5 Å². The van der Waals surface area contributed by atoms with Gasteiger partial charge in [-0.25, -0.2) is 0 Å². The first-order valence-corrected chi connectivity index (χ1v) is 7.54. The normalized spacial score (nSPS) is 8.12. The van der Waals surface area contributed by atoms with E-state index in [4.69, 9.17) is 15.3 Å². The van der Waals surface area contributed by atoms with Crippen molar-refractivity contribution in [2.45, 2.75) is 40.0 Å². The van der Waals surface area contributed by atoms with Crippen molar-refractivity contribution in [2.24, 2.45) is 0 Å². The van der Waals surface area contributed by atoms with Crippen LogP contribution >= 0.6 is 0 Å². The first kappa shape index (κ1) is 27.8. The van der Waals surface area contributed by atoms with Crippen LogP contribution in [0.5, 0.6) is 0 Å². The van der Waals surface area contributed by atoms with E-state index in [1.807, 2.05) is 0 Å². The molecule has 3 N–H and O–H groups in total. The van der Waals surface area contributed by atoms with Crippen LogP contribution in [0, 0.1) is 0 Å². The summed E-state index contributed by atoms with van der Waals surface area (Å²) < 4.78 is 0. The van der Waals surface area contributed by atoms with Gasteiger partial charge in [-0.3, -0.25) is 14.4 Å². The van der Waals surface area contributed by atoms with Gasteiger partial charge < -0.3 is 15.3 Å². The van der Waals surface area contributed by atoms with E-state index in [1.165, 1.54) is 10.8 Å². The van der Waals surface area contributed by atoms with Gasteiger partial charge in [0, 0.05) is 41.0 Å². The molecule has 0 radical (unpaired) electrons. The minimum Gasteiger partial charge on any atom is -0.481 e. The number of aliphatic carboxylic acids is 3. The Hall–Kier alpha value is -2.05. The number of fused-ring (bicyclic) bond motifs is 1. The first-order chi connectivity index (χ1) is 11.3. The third kappa shape index (κ3) is 19.9. The molecule has 0 amide bonds. The van der Waals surface area contributed by atoms with Gasteiger partial charge in [0.1, 0.15) is 0 Å². The van der Waals surface area contributed by atoms with Crippen LogP contribution in [0.25, 0.3) is 10.8 Å². The number of benzene rings is 1. The maximum absolute atomic E-state index is 9.37. The van der Waals surface area contributed by atoms with Gasteiger partial charge >= 0.3 is 17.9 Å². The standard InChI is InChI=1S/C9H7.3C3H6O2.Ti/c1-2-5-9-7-3-6-8(9)4-1;3*1-2-3(4)5;/h1-7H;3*2H2,1H3,(H,4,5);/q-1;;;;. The molecule has 25 heavy (non-hydrogen) atoms. The Balaban J connectivity index is -0.000000269. The fraction of sp³-hybridized carbons (Fsp3) is 0.333. The molecule has 2 aromatic rings. The molecular weight excluding hydrogens is 360 g/mol. The molecule has 0 unspecified atom stereocenters. The number of carbonyl (C=O) groups is 3. The van der Waals surface area contributed by atoms with Crippen molar-refractivity contribution in [3.05, 3.63) is 42.5 Å². The molecule has 7 heteroatoms. The monoisotopic (exact) mass is 385 g/mol. The summed E-state index contributed by atoms with van der Waals surface area (Å²) in [5, 5.41) is 25.8. The molecule has 0 aromatic heterocycles. The molecule has 0 spiro atoms. The van der Waals surface area contributed by atoms with Gasteiger partial charge in [0.05, 0.1) is 0 Å². The zero-order valence-electron chi connectivity index (χ0n) is 14.7. The molecule has 6 nitrogen and oxygen atoms in total. The van der Waals surface area contributed by atoms with Gasteiger partial charge in [0.2, 0.25) is 0 Å². The summed E-state index contributed by atoms with van der Waals surface area (Å²) in [6.45, 7) is 4.80. The van der Waals surface area contributed by atoms with Gasteiger partial charge in [-0.1, -0.05) is 26.8 Å². The van der Waals surface area contributed by atoms with E-state index < -0.39 is 17.9 Å². The third-order valence-corrected chi connectivity index (χ3v) is 2.45. The van der Waals surface area contributed by atoms with Crippen molar-refractivity contribution in [1.82, 2.24) is 0 Å². The Morgan fingerprint density at radius 3 is 1.48 bits per heavy atom. The zero-order chi connectivity index (χ0) is 19.0. The number of carboxylic acid groups (broad SMARTS) is 3. The fourth-order valence-electron chi connectivity index (χ4n) is 1.07. The van der Waals surface area contributed by atoms with E-state index in [0.29, 0.717) is 0 Å². The summed E-state index contributed by atoms with van der Waals surface area (Å²) in [4.78, 5) is 28.1. The molecule has 0 saturated carbocycles. The average molecular weight is 385 g/mol. The Morgan fingerprint density at radius 2 is 1.16 bits per heavy atom. The smallest absolute Gasteiger partial charge is 0.303 e. The van der Waals surface area contributed by atoms with E-state index in [9.17, 15) is 14.4 Å². The molecule has 2 rings (SSSR count). The fourth-order valence-corrected chi connectivity index (χ4v) is 1.07. The second-order valence-corrected chi connectivity index (χ2v) is 4.40. The van der Waals surface area contributed by atoms with Gasteiger partial charge in [0.15, 0.2) is 0 Å². The van der Waals surface area contributed by atoms with Crippen molar-refractivity contribution in [3.63, 3.8) is 0 Å². The molecule has 0 aliphatic rings. The van der Waals surface area contributed by atoms with Gasteiger partial charge in [0.25, 0.3) is 0 Å². The van der Waals surface area contributed by atoms with E-state index in [2.05, 4.69) is 42.5 Å². The predicted molar refractivity (Wildman–Crippen MR) is 93.3 cm³/mol. The second-order valence-electron chi connectivity index (χ2n) is 4.40. The van der Waals surface area contributed by atoms with Crippen molar-refractivity contribution in [1.29, 1.82) is 0 Å². The number of hydrogen-bond acceptors (Lipinski definition) is 3. The second kappa shape index (κ2) is 18.3. The summed E-state index contributed by atoms with van der Waals surface area (Å²) in [5.41, 5.74) is 0. The molecule has 138 valence electrons. The third-order valence-electron chi connectivity index (χ3n) is 2.45. The molecule has 0 saturated heterocycles. The molecule has 0 bridgehead atoms. The summed E-state index contributed by atoms with van der Waals surface area (Å²) in [5.74, 6) is -2.24. The zero-order valence-corrected chi connectivity index (χ0v) is 16.3. The minimum atomic E-state index is -0.745. The predicted octanol–water partition coefficient (Wildman–Crippen LogP) is 4.00. The Kier molecular flexibility index (Phi) is 20.3. The van der Waals surface area contributed by atoms with Gasteiger partial charge in [-0.05, 0) is 0 Å². The number of carboxylic acids is 3. The van der Waals surface area contributed by atoms with Crippen LogP contribution in [-0.4, -0.2) is 33.2 Å². The summed E-state index contributed by atoms with van der Waals surface area (Å²) in [6.07, 6.45) is 0.667. The van der Waals surface area contributed by atoms with E-state index in [1.54, 1.807) is 20.8 Å². The summed E-state index contributed by atoms with van der Waals surface area (Å²) in [6, 6.07) is 14.7. The van der Waals surface area contributed by atoms with Crippen molar-refractivity contribution in [3.8, 4) is 0 Å². The minimum absolute atomic E-state index is 0. The Morgan fingerprint density at radius 1 is 0.800 bits per heavy atom. The van der Waals surface area contributed by atoms with E-state index in [0.717, 1.165) is 0 Å². The van der Waals surface area contributed by atoms with Crippen LogP contribution in [0.2, 0.25) is 0 Å². The molecule has 0 aliphatic carbocycles. The number of rotatable bonds is 3. The summed E-state index contributed by atoms with van der Waals surface area (Å²) in [7, 11) is 0. The SMILES string of the molecule is CCC(=O)O.CCC(=O)O.CCC(=O)O.[Ti].c1ccc2[cH-]ccc2c1. The quantitative estimate of drug-likeness (QED) is 0.544. The van der Waals surface area contributed by atoms with Crippen LogP contribution in [0.15, 0.2) is 42.5 Å². The Bertz CT molecular complexity index is 543. The van der Waals surface area contributed by atoms with Gasteiger partial charge in [-0.15, -0.1) is 29.7 Å². The maximum Gasteiger partial charge on any atom is 0.303 e. The molecule has 0 fully saturated rings.